The van der Waals surface area contributed by atoms with Crippen LogP contribution in [0.25, 0.3) is 50.0 Å². The first kappa shape index (κ1) is 32.7. The Morgan fingerprint density at radius 1 is 0.589 bits per heavy atom. The molecule has 0 amide bonds. The van der Waals surface area contributed by atoms with Crippen molar-refractivity contribution in [3.05, 3.63) is 188 Å². The Kier molecular flexibility index (Phi) is 7.59. The highest BCUT2D eigenvalue weighted by molar-refractivity contribution is 8.00. The van der Waals surface area contributed by atoms with Crippen molar-refractivity contribution in [2.45, 2.75) is 9.79 Å². The van der Waals surface area contributed by atoms with Crippen LogP contribution in [0.3, 0.4) is 0 Å². The van der Waals surface area contributed by atoms with Gasteiger partial charge in [-0.25, -0.2) is 9.97 Å². The van der Waals surface area contributed by atoms with Crippen LogP contribution >= 0.6 is 11.8 Å². The molecule has 1 aliphatic rings. The summed E-state index contributed by atoms with van der Waals surface area (Å²) in [4.78, 5) is 12.6. The fraction of sp³-hybridized carbons (Fsp3) is 0.0204. The van der Waals surface area contributed by atoms with Crippen molar-refractivity contribution in [2.75, 3.05) is 0 Å². The van der Waals surface area contributed by atoms with Gasteiger partial charge in [-0.2, -0.15) is 0 Å². The first-order chi connectivity index (χ1) is 27.7. The van der Waals surface area contributed by atoms with Crippen molar-refractivity contribution in [3.8, 4) is 28.6 Å². The number of hydrogen-bond donors (Lipinski definition) is 0. The van der Waals surface area contributed by atoms with Gasteiger partial charge in [-0.15, -0.1) is 0 Å². The number of hydrogen-bond acceptors (Lipinski definition) is 4. The Labute approximate surface area is 329 Å². The lowest BCUT2D eigenvalue weighted by molar-refractivity contribution is 0.482. The summed E-state index contributed by atoms with van der Waals surface area (Å²) in [7, 11) is -0.704. The van der Waals surface area contributed by atoms with Crippen molar-refractivity contribution in [1.29, 1.82) is 0 Å². The molecule has 0 saturated heterocycles. The normalized spacial score (nSPS) is 13.2. The van der Waals surface area contributed by atoms with E-state index < -0.39 is 8.07 Å². The Hall–Kier alpha value is -6.67. The van der Waals surface area contributed by atoms with Gasteiger partial charge >= 0.3 is 0 Å². The van der Waals surface area contributed by atoms with Crippen LogP contribution in [0.4, 0.5) is 0 Å². The smallest absolute Gasteiger partial charge is 0.181 e. The predicted octanol–water partition coefficient (Wildman–Crippen LogP) is 9.37. The summed E-state index contributed by atoms with van der Waals surface area (Å²) in [5.41, 5.74) is 6.14. The molecular formula is C49H34N4OSSi. The molecule has 0 radical (unpaired) electrons. The highest BCUT2D eigenvalue weighted by atomic mass is 32.2. The molecule has 0 saturated carbocycles. The molecule has 0 spiro atoms. The maximum absolute atomic E-state index is 6.66. The molecule has 11 rings (SSSR count). The number of fused-ring (bicyclic) bond motifs is 7. The van der Waals surface area contributed by atoms with Crippen LogP contribution in [0, 0.1) is 0 Å². The summed E-state index contributed by atoms with van der Waals surface area (Å²) in [6.07, 6.45) is 1.90. The van der Waals surface area contributed by atoms with E-state index in [1.807, 2.05) is 60.4 Å². The van der Waals surface area contributed by atoms with Gasteiger partial charge < -0.3 is 9.30 Å². The molecule has 266 valence electrons. The van der Waals surface area contributed by atoms with Crippen molar-refractivity contribution >= 4 is 73.6 Å². The third kappa shape index (κ3) is 4.94. The zero-order chi connectivity index (χ0) is 37.2. The second-order valence-corrected chi connectivity index (χ2v) is 19.0. The lowest BCUT2D eigenvalue weighted by Gasteiger charge is -2.40. The fourth-order valence-corrected chi connectivity index (χ4v) is 15.9. The number of para-hydroxylation sites is 2. The molecular weight excluding hydrogens is 721 g/mol. The highest BCUT2D eigenvalue weighted by Gasteiger charge is 2.47. The van der Waals surface area contributed by atoms with Gasteiger partial charge in [0.15, 0.2) is 8.07 Å². The molecule has 0 aliphatic carbocycles. The van der Waals surface area contributed by atoms with E-state index in [4.69, 9.17) is 14.7 Å². The Morgan fingerprint density at radius 2 is 1.30 bits per heavy atom. The average Bonchev–Trinajstić information content (AvgIpc) is 3.78. The molecule has 0 atom stereocenters. The lowest BCUT2D eigenvalue weighted by Crippen LogP contribution is -2.76. The number of imidazole rings is 1. The quantitative estimate of drug-likeness (QED) is 0.159. The average molecular weight is 755 g/mol. The third-order valence-corrected chi connectivity index (χ3v) is 17.6. The highest BCUT2D eigenvalue weighted by Crippen LogP contribution is 2.42. The number of aryl methyl sites for hydroxylation is 1. The Balaban J connectivity index is 1.11. The SMILES string of the molecule is Cn1c(-c2cccc(Oc3cccc(-n4c5ncccc5c5ccc6c(c54)Sc4ccccc4[Si]6(c4ccccc4)c4ccccc4)c3)c2)nc2ccccc21. The zero-order valence-corrected chi connectivity index (χ0v) is 32.3. The summed E-state index contributed by atoms with van der Waals surface area (Å²) in [6.45, 7) is 0. The minimum atomic E-state index is -2.76. The maximum Gasteiger partial charge on any atom is 0.181 e. The van der Waals surface area contributed by atoms with E-state index in [0.717, 1.165) is 50.6 Å². The number of benzene rings is 7. The number of rotatable bonds is 6. The van der Waals surface area contributed by atoms with Gasteiger partial charge in [0.25, 0.3) is 0 Å². The molecule has 1 aliphatic heterocycles. The molecule has 10 aromatic rings. The lowest BCUT2D eigenvalue weighted by atomic mass is 10.2. The number of pyridine rings is 1. The summed E-state index contributed by atoms with van der Waals surface area (Å²) in [5.74, 6) is 2.39. The molecule has 0 bridgehead atoms. The standard InChI is InChI=1S/C49H34N4OSSi/c1-52-42-25-9-8-24-41(42)51-48(52)33-15-12-17-35(31-33)54-36-18-13-16-34(32-36)53-46-39(40-23-14-30-50-49(40)53)28-29-45-47(46)55-43-26-10-11-27-44(43)56(45,37-19-4-2-5-20-37)38-21-6-3-7-22-38/h2-32H,1H3. The second kappa shape index (κ2) is 13.0. The van der Waals surface area contributed by atoms with Gasteiger partial charge in [-0.05, 0) is 75.3 Å². The molecule has 3 aromatic heterocycles. The van der Waals surface area contributed by atoms with E-state index >= 15 is 0 Å². The molecule has 4 heterocycles. The van der Waals surface area contributed by atoms with E-state index in [1.54, 1.807) is 0 Å². The van der Waals surface area contributed by atoms with Crippen LogP contribution in [0.2, 0.25) is 0 Å². The first-order valence-electron chi connectivity index (χ1n) is 18.8. The van der Waals surface area contributed by atoms with Crippen molar-refractivity contribution in [3.63, 3.8) is 0 Å². The summed E-state index contributed by atoms with van der Waals surface area (Å²) in [5, 5.41) is 7.86. The van der Waals surface area contributed by atoms with Gasteiger partial charge in [0, 0.05) is 45.4 Å². The van der Waals surface area contributed by atoms with Crippen LogP contribution < -0.4 is 25.5 Å². The minimum Gasteiger partial charge on any atom is -0.457 e. The Morgan fingerprint density at radius 3 is 2.11 bits per heavy atom. The third-order valence-electron chi connectivity index (χ3n) is 11.2. The number of aromatic nitrogens is 4. The zero-order valence-electron chi connectivity index (χ0n) is 30.5. The van der Waals surface area contributed by atoms with E-state index in [1.165, 1.54) is 41.4 Å². The van der Waals surface area contributed by atoms with Crippen LogP contribution in [-0.2, 0) is 7.05 Å². The summed E-state index contributed by atoms with van der Waals surface area (Å²) >= 11 is 1.88. The molecule has 5 nitrogen and oxygen atoms in total. The molecule has 7 aromatic carbocycles. The van der Waals surface area contributed by atoms with Gasteiger partial charge in [0.1, 0.15) is 23.0 Å². The second-order valence-electron chi connectivity index (χ2n) is 14.2. The fourth-order valence-electron chi connectivity index (χ4n) is 8.76. The van der Waals surface area contributed by atoms with Crippen molar-refractivity contribution in [1.82, 2.24) is 19.1 Å². The Bertz CT molecular complexity index is 3080. The van der Waals surface area contributed by atoms with Gasteiger partial charge in [0.05, 0.1) is 22.2 Å². The summed E-state index contributed by atoms with van der Waals surface area (Å²) in [6, 6.07) is 65.2. The largest absolute Gasteiger partial charge is 0.457 e. The topological polar surface area (TPSA) is 44.9 Å². The molecule has 56 heavy (non-hydrogen) atoms. The predicted molar refractivity (Wildman–Crippen MR) is 233 cm³/mol. The molecule has 7 heteroatoms. The maximum atomic E-state index is 6.66. The van der Waals surface area contributed by atoms with Gasteiger partial charge in [-0.3, -0.25) is 4.57 Å². The van der Waals surface area contributed by atoms with Crippen LogP contribution in [0.15, 0.2) is 198 Å². The number of nitrogens with zero attached hydrogens (tertiary/aromatic N) is 4. The monoisotopic (exact) mass is 754 g/mol. The van der Waals surface area contributed by atoms with Crippen molar-refractivity contribution < 1.29 is 4.74 Å². The van der Waals surface area contributed by atoms with Crippen molar-refractivity contribution in [2.24, 2.45) is 7.05 Å². The minimum absolute atomic E-state index is 0.746. The van der Waals surface area contributed by atoms with Gasteiger partial charge in [0.2, 0.25) is 0 Å². The van der Waals surface area contributed by atoms with Crippen LogP contribution in [0.1, 0.15) is 0 Å². The molecule has 0 N–H and O–H groups in total. The number of ether oxygens (including phenoxy) is 1. The molecule has 0 unspecified atom stereocenters. The van der Waals surface area contributed by atoms with E-state index in [-0.39, 0.29) is 0 Å². The van der Waals surface area contributed by atoms with E-state index in [2.05, 4.69) is 156 Å². The van der Waals surface area contributed by atoms with Gasteiger partial charge in [-0.1, -0.05) is 133 Å². The van der Waals surface area contributed by atoms with Crippen LogP contribution in [0.5, 0.6) is 11.5 Å². The molecule has 0 fully saturated rings. The first-order valence-corrected chi connectivity index (χ1v) is 21.6. The van der Waals surface area contributed by atoms with Crippen LogP contribution in [-0.4, -0.2) is 27.2 Å². The van der Waals surface area contributed by atoms with E-state index in [0.29, 0.717) is 0 Å². The van der Waals surface area contributed by atoms with E-state index in [9.17, 15) is 0 Å². The summed E-state index contributed by atoms with van der Waals surface area (Å²) < 4.78 is 11.1.